The molecule has 0 amide bonds. The van der Waals surface area contributed by atoms with E-state index < -0.39 is 16.8 Å². The highest BCUT2D eigenvalue weighted by Crippen LogP contribution is 2.39. The number of aromatic nitrogens is 2. The summed E-state index contributed by atoms with van der Waals surface area (Å²) in [6, 6.07) is 17.5. The van der Waals surface area contributed by atoms with Crippen LogP contribution < -0.4 is 5.32 Å². The first kappa shape index (κ1) is 58.9. The highest BCUT2D eigenvalue weighted by Gasteiger charge is 2.37. The molecule has 6 heterocycles. The molecule has 2 unspecified atom stereocenters. The normalized spacial score (nSPS) is 22.0. The van der Waals surface area contributed by atoms with Gasteiger partial charge in [0.15, 0.2) is 0 Å². The number of likely N-dealkylation sites (tertiary alicyclic amines) is 1. The second-order valence-corrected chi connectivity index (χ2v) is 22.6. The van der Waals surface area contributed by atoms with Crippen molar-refractivity contribution in [3.63, 3.8) is 0 Å². The number of pyridine rings is 2. The number of rotatable bonds is 19. The molecule has 4 aliphatic heterocycles. The molecule has 15 heteroatoms. The Bertz CT molecular complexity index is 2480. The maximum Gasteiger partial charge on any atom is 0.327 e. The van der Waals surface area contributed by atoms with Crippen LogP contribution in [0.4, 0.5) is 8.78 Å². The number of esters is 2. The molecule has 0 spiro atoms. The number of ether oxygens (including phenoxy) is 6. The molecule has 6 aliphatic rings. The number of carbonyl (C=O) groups excluding carboxylic acids is 2. The molecule has 4 aromatic rings. The summed E-state index contributed by atoms with van der Waals surface area (Å²) in [4.78, 5) is 35.8. The van der Waals surface area contributed by atoms with Gasteiger partial charge in [-0.15, -0.1) is 0 Å². The average Bonchev–Trinajstić information content (AvgIpc) is 4.18. The third-order valence-corrected chi connectivity index (χ3v) is 16.9. The number of fused-ring (bicyclic) bond motifs is 2. The SMILES string of the molecule is COC(=O)C(Br)c1cc(F)ccc1[C@@H]1CCCCO1.COC(=O)C(c1cc(F)ccc1[C@@H]1CCCCO1)N1CC[C@@H](COCCCc2ccc3c(n2)CCCC3)C1.c1cc2c(nc1CCCOC[C@@H]1CCNC1)CCCC2. The summed E-state index contributed by atoms with van der Waals surface area (Å²) >= 11 is 3.27. The van der Waals surface area contributed by atoms with E-state index >= 15 is 0 Å². The molecule has 0 radical (unpaired) electrons. The molecule has 420 valence electrons. The van der Waals surface area contributed by atoms with Crippen molar-refractivity contribution in [1.82, 2.24) is 20.2 Å². The maximum atomic E-state index is 14.4. The number of benzene rings is 2. The number of halogens is 3. The van der Waals surface area contributed by atoms with Gasteiger partial charge in [0.25, 0.3) is 0 Å². The maximum absolute atomic E-state index is 14.4. The molecule has 1 N–H and O–H groups in total. The summed E-state index contributed by atoms with van der Waals surface area (Å²) in [6.45, 7) is 8.29. The Balaban J connectivity index is 0.000000169. The van der Waals surface area contributed by atoms with Crippen molar-refractivity contribution >= 4 is 27.9 Å². The molecular formula is C62H83BrF2N4O8. The largest absolute Gasteiger partial charge is 0.468 e. The summed E-state index contributed by atoms with van der Waals surface area (Å²) in [5, 5.41) is 3.38. The topological polar surface area (TPSA) is 131 Å². The van der Waals surface area contributed by atoms with Gasteiger partial charge in [0.05, 0.1) is 39.6 Å². The Morgan fingerprint density at radius 2 is 1.21 bits per heavy atom. The quantitative estimate of drug-likeness (QED) is 0.0545. The highest BCUT2D eigenvalue weighted by atomic mass is 79.9. The number of methoxy groups -OCH3 is 2. The molecule has 0 bridgehead atoms. The molecule has 4 saturated heterocycles. The van der Waals surface area contributed by atoms with Gasteiger partial charge in [0.2, 0.25) is 0 Å². The van der Waals surface area contributed by atoms with E-state index in [0.717, 1.165) is 139 Å². The summed E-state index contributed by atoms with van der Waals surface area (Å²) in [5.41, 5.74) is 11.0. The lowest BCUT2D eigenvalue weighted by molar-refractivity contribution is -0.147. The lowest BCUT2D eigenvalue weighted by atomic mass is 9.92. The molecular weight excluding hydrogens is 1050 g/mol. The predicted octanol–water partition coefficient (Wildman–Crippen LogP) is 11.7. The number of hydrogen-bond donors (Lipinski definition) is 1. The van der Waals surface area contributed by atoms with Gasteiger partial charge in [0, 0.05) is 62.3 Å². The van der Waals surface area contributed by atoms with E-state index in [1.54, 1.807) is 12.1 Å². The van der Waals surface area contributed by atoms with Gasteiger partial charge >= 0.3 is 11.9 Å². The molecule has 6 atom stereocenters. The second-order valence-electron chi connectivity index (χ2n) is 21.7. The zero-order valence-corrected chi connectivity index (χ0v) is 47.3. The van der Waals surface area contributed by atoms with Crippen molar-refractivity contribution in [3.05, 3.63) is 128 Å². The van der Waals surface area contributed by atoms with Crippen LogP contribution in [-0.2, 0) is 76.5 Å². The van der Waals surface area contributed by atoms with E-state index in [0.29, 0.717) is 50.0 Å². The molecule has 10 rings (SSSR count). The number of nitrogens with one attached hydrogen (secondary N) is 1. The van der Waals surface area contributed by atoms with E-state index in [1.807, 2.05) is 0 Å². The van der Waals surface area contributed by atoms with Crippen molar-refractivity contribution in [2.45, 2.75) is 151 Å². The number of alkyl halides is 1. The number of nitrogens with zero attached hydrogens (tertiary/aromatic N) is 3. The molecule has 2 aromatic carbocycles. The van der Waals surface area contributed by atoms with E-state index in [4.69, 9.17) is 38.4 Å². The highest BCUT2D eigenvalue weighted by molar-refractivity contribution is 9.09. The van der Waals surface area contributed by atoms with Crippen LogP contribution in [-0.4, -0.2) is 107 Å². The van der Waals surface area contributed by atoms with Crippen molar-refractivity contribution in [1.29, 1.82) is 0 Å². The summed E-state index contributed by atoms with van der Waals surface area (Å²) < 4.78 is 61.3. The van der Waals surface area contributed by atoms with Crippen LogP contribution in [0.1, 0.15) is 169 Å². The zero-order chi connectivity index (χ0) is 53.8. The van der Waals surface area contributed by atoms with Gasteiger partial charge in [-0.1, -0.05) is 40.2 Å². The number of aryl methyl sites for hydroxylation is 6. The van der Waals surface area contributed by atoms with Crippen molar-refractivity contribution in [2.24, 2.45) is 11.8 Å². The monoisotopic (exact) mass is 1130 g/mol. The fraction of sp³-hybridized carbons (Fsp3) is 0.613. The van der Waals surface area contributed by atoms with E-state index in [9.17, 15) is 18.4 Å². The van der Waals surface area contributed by atoms with Crippen LogP contribution in [0.3, 0.4) is 0 Å². The lowest BCUT2D eigenvalue weighted by Gasteiger charge is -2.31. The molecule has 12 nitrogen and oxygen atoms in total. The average molecular weight is 1130 g/mol. The molecule has 2 aliphatic carbocycles. The van der Waals surface area contributed by atoms with Crippen molar-refractivity contribution in [3.8, 4) is 0 Å². The van der Waals surface area contributed by atoms with E-state index in [-0.39, 0.29) is 29.8 Å². The first-order valence-electron chi connectivity index (χ1n) is 28.8. The molecule has 77 heavy (non-hydrogen) atoms. The Hall–Kier alpha value is -4.22. The third-order valence-electron chi connectivity index (χ3n) is 16.0. The Morgan fingerprint density at radius 3 is 1.74 bits per heavy atom. The third kappa shape index (κ3) is 17.4. The fourth-order valence-corrected chi connectivity index (χ4v) is 12.3. The smallest absolute Gasteiger partial charge is 0.327 e. The minimum absolute atomic E-state index is 0.0749. The van der Waals surface area contributed by atoms with Gasteiger partial charge in [-0.3, -0.25) is 19.7 Å². The predicted molar refractivity (Wildman–Crippen MR) is 297 cm³/mol. The molecule has 4 fully saturated rings. The van der Waals surface area contributed by atoms with Crippen LogP contribution in [0.5, 0.6) is 0 Å². The second kappa shape index (κ2) is 31.0. The van der Waals surface area contributed by atoms with Gasteiger partial charge in [0.1, 0.15) is 22.5 Å². The Morgan fingerprint density at radius 1 is 0.662 bits per heavy atom. The van der Waals surface area contributed by atoms with Crippen LogP contribution in [0, 0.1) is 23.5 Å². The lowest BCUT2D eigenvalue weighted by Crippen LogP contribution is -2.35. The Labute approximate surface area is 464 Å². The summed E-state index contributed by atoms with van der Waals surface area (Å²) in [7, 11) is 2.71. The fourth-order valence-electron chi connectivity index (χ4n) is 11.8. The number of carbonyl (C=O) groups is 2. The van der Waals surface area contributed by atoms with E-state index in [1.165, 1.54) is 112 Å². The summed E-state index contributed by atoms with van der Waals surface area (Å²) in [5.74, 6) is -0.456. The van der Waals surface area contributed by atoms with Crippen LogP contribution in [0.25, 0.3) is 0 Å². The zero-order valence-electron chi connectivity index (χ0n) is 45.7. The Kier molecular flexibility index (Phi) is 23.7. The van der Waals surface area contributed by atoms with Crippen LogP contribution >= 0.6 is 15.9 Å². The van der Waals surface area contributed by atoms with Gasteiger partial charge in [-0.2, -0.15) is 0 Å². The minimum atomic E-state index is -0.672. The first-order chi connectivity index (χ1) is 37.7. The first-order valence-corrected chi connectivity index (χ1v) is 29.8. The van der Waals surface area contributed by atoms with Crippen LogP contribution in [0.2, 0.25) is 0 Å². The summed E-state index contributed by atoms with van der Waals surface area (Å²) in [6.07, 6.45) is 21.8. The van der Waals surface area contributed by atoms with Crippen molar-refractivity contribution in [2.75, 3.05) is 80.0 Å². The molecule has 2 aromatic heterocycles. The minimum Gasteiger partial charge on any atom is -0.468 e. The van der Waals surface area contributed by atoms with Crippen molar-refractivity contribution < 1.29 is 46.8 Å². The molecule has 0 saturated carbocycles. The van der Waals surface area contributed by atoms with Gasteiger partial charge < -0.3 is 33.7 Å². The number of hydrogen-bond acceptors (Lipinski definition) is 12. The van der Waals surface area contributed by atoms with E-state index in [2.05, 4.69) is 50.4 Å². The van der Waals surface area contributed by atoms with Crippen LogP contribution in [0.15, 0.2) is 60.7 Å². The van der Waals surface area contributed by atoms with Gasteiger partial charge in [-0.05, 0) is 223 Å². The van der Waals surface area contributed by atoms with Gasteiger partial charge in [-0.25, -0.2) is 13.6 Å². The standard InChI is InChI=1S/C31H41FN2O4.C17H26N2O.C14H16BrFO3/c1-36-31(35)30(27-19-24(32)12-14-26(27)29-10-4-5-18-38-29)34-16-15-22(20-34)21-37-17-6-8-25-13-11-23-7-2-3-9-28(23)33-25;1-2-6-17-15(4-1)7-8-16(19-17)5-3-11-20-13-14-9-10-18-12-14;1-18-14(17)13(15)11-8-9(16)5-6-10(11)12-4-2-3-7-19-12/h11-14,19,22,29-30H,2-10,15-18,20-21H2,1H3;7-8,14,18H,1-6,9-13H2;5-6,8,12-13H,2-4,7H2,1H3/t22-,29+,30?;14-;12-,13?/m110/s1.